The first kappa shape index (κ1) is 17.5. The summed E-state index contributed by atoms with van der Waals surface area (Å²) in [5.41, 5.74) is 3.19. The van der Waals surface area contributed by atoms with Crippen LogP contribution in [0.5, 0.6) is 0 Å². The molecule has 3 N–H and O–H groups in total. The van der Waals surface area contributed by atoms with Crippen molar-refractivity contribution in [3.05, 3.63) is 53.6 Å². The first-order chi connectivity index (χ1) is 12.9. The van der Waals surface area contributed by atoms with E-state index in [1.807, 2.05) is 31.4 Å². The molecule has 1 amide bonds. The second kappa shape index (κ2) is 6.35. The lowest BCUT2D eigenvalue weighted by atomic mass is 10.0. The molecule has 0 aliphatic carbocycles. The van der Waals surface area contributed by atoms with Crippen LogP contribution in [0.1, 0.15) is 41.4 Å². The summed E-state index contributed by atoms with van der Waals surface area (Å²) in [4.78, 5) is 21.0. The number of aryl methyl sites for hydroxylation is 1. The second-order valence-electron chi connectivity index (χ2n) is 7.72. The zero-order chi connectivity index (χ0) is 19.2. The van der Waals surface area contributed by atoms with Crippen molar-refractivity contribution in [3.63, 3.8) is 0 Å². The number of hydrogen-bond acceptors (Lipinski definition) is 5. The summed E-state index contributed by atoms with van der Waals surface area (Å²) in [6.07, 6.45) is 6.29. The third kappa shape index (κ3) is 3.14. The highest BCUT2D eigenvalue weighted by atomic mass is 16.3. The Bertz CT molecular complexity index is 999. The van der Waals surface area contributed by atoms with Crippen molar-refractivity contribution in [1.29, 1.82) is 0 Å². The minimum Gasteiger partial charge on any atom is -0.394 e. The van der Waals surface area contributed by atoms with Gasteiger partial charge in [0.15, 0.2) is 0 Å². The van der Waals surface area contributed by atoms with Gasteiger partial charge in [-0.05, 0) is 32.0 Å². The lowest BCUT2D eigenvalue weighted by Crippen LogP contribution is -2.46. The van der Waals surface area contributed by atoms with Gasteiger partial charge in [-0.25, -0.2) is 9.97 Å². The van der Waals surface area contributed by atoms with E-state index in [2.05, 4.69) is 31.4 Å². The van der Waals surface area contributed by atoms with Crippen molar-refractivity contribution in [1.82, 2.24) is 19.9 Å². The number of carbonyl (C=O) groups is 1. The van der Waals surface area contributed by atoms with Gasteiger partial charge in [0.25, 0.3) is 5.91 Å². The molecule has 1 aromatic carbocycles. The summed E-state index contributed by atoms with van der Waals surface area (Å²) in [6.45, 7) is 3.46. The summed E-state index contributed by atoms with van der Waals surface area (Å²) in [6, 6.07) is 5.79. The van der Waals surface area contributed by atoms with Crippen molar-refractivity contribution in [3.8, 4) is 0 Å². The average molecular weight is 365 g/mol. The molecule has 0 spiro atoms. The lowest BCUT2D eigenvalue weighted by molar-refractivity contribution is 0.0869. The molecule has 0 fully saturated rings. The number of carbonyl (C=O) groups excluding carboxylic acids is 1. The normalized spacial score (nSPS) is 16.2. The number of amides is 1. The number of rotatable bonds is 4. The first-order valence-corrected chi connectivity index (χ1v) is 8.96. The summed E-state index contributed by atoms with van der Waals surface area (Å²) >= 11 is 0. The van der Waals surface area contributed by atoms with Gasteiger partial charge in [-0.2, -0.15) is 0 Å². The zero-order valence-corrected chi connectivity index (χ0v) is 15.7. The number of aromatic nitrogens is 3. The Morgan fingerprint density at radius 2 is 2.26 bits per heavy atom. The fourth-order valence-corrected chi connectivity index (χ4v) is 3.52. The minimum atomic E-state index is -0.668. The monoisotopic (exact) mass is 365 g/mol. The van der Waals surface area contributed by atoms with Crippen molar-refractivity contribution < 1.29 is 9.90 Å². The molecule has 0 saturated heterocycles. The fourth-order valence-electron chi connectivity index (χ4n) is 3.52. The van der Waals surface area contributed by atoms with Gasteiger partial charge in [0.2, 0.25) is 0 Å². The van der Waals surface area contributed by atoms with Gasteiger partial charge in [0.05, 0.1) is 18.2 Å². The maximum atomic E-state index is 12.6. The smallest absolute Gasteiger partial charge is 0.251 e. The molecular weight excluding hydrogens is 342 g/mol. The Labute approximate surface area is 157 Å². The summed E-state index contributed by atoms with van der Waals surface area (Å²) in [7, 11) is 2.00. The zero-order valence-electron chi connectivity index (χ0n) is 15.7. The van der Waals surface area contributed by atoms with E-state index < -0.39 is 5.54 Å². The van der Waals surface area contributed by atoms with Crippen molar-refractivity contribution in [2.24, 2.45) is 7.05 Å². The van der Waals surface area contributed by atoms with E-state index in [4.69, 9.17) is 0 Å². The van der Waals surface area contributed by atoms with E-state index in [9.17, 15) is 9.90 Å². The van der Waals surface area contributed by atoms with Crippen molar-refractivity contribution in [2.45, 2.75) is 31.8 Å². The van der Waals surface area contributed by atoms with Gasteiger partial charge >= 0.3 is 0 Å². The molecule has 7 nitrogen and oxygen atoms in total. The number of nitrogens with zero attached hydrogens (tertiary/aromatic N) is 3. The quantitative estimate of drug-likeness (QED) is 0.659. The third-order valence-corrected chi connectivity index (χ3v) is 5.03. The number of aliphatic hydroxyl groups excluding tert-OH is 1. The standard InChI is InChI=1S/C20H23N5O2/c1-20(2,10-26)24-19(27)12-4-5-17-14(6-12)15(9-25(17)3)16-7-13-8-21-11-22-18(13)23-16/h4-6,8-9,11,16,26H,7,10H2,1-3H3,(H,24,27)(H,21,22,23). The van der Waals surface area contributed by atoms with Crippen LogP contribution in [0.3, 0.4) is 0 Å². The summed E-state index contributed by atoms with van der Waals surface area (Å²) in [5, 5.41) is 16.8. The molecule has 1 aliphatic rings. The van der Waals surface area contributed by atoms with Crippen molar-refractivity contribution >= 4 is 22.6 Å². The van der Waals surface area contributed by atoms with E-state index in [-0.39, 0.29) is 18.6 Å². The van der Waals surface area contributed by atoms with Crippen molar-refractivity contribution in [2.75, 3.05) is 11.9 Å². The molecule has 0 radical (unpaired) electrons. The highest BCUT2D eigenvalue weighted by Crippen LogP contribution is 2.36. The van der Waals surface area contributed by atoms with Gasteiger partial charge < -0.3 is 20.3 Å². The van der Waals surface area contributed by atoms with Crippen LogP contribution in [0.2, 0.25) is 0 Å². The van der Waals surface area contributed by atoms with E-state index in [1.165, 1.54) is 0 Å². The number of anilines is 1. The first-order valence-electron chi connectivity index (χ1n) is 8.96. The van der Waals surface area contributed by atoms with E-state index in [1.54, 1.807) is 20.2 Å². The van der Waals surface area contributed by atoms with Gasteiger partial charge in [0.1, 0.15) is 12.1 Å². The Hall–Kier alpha value is -2.93. The largest absolute Gasteiger partial charge is 0.394 e. The van der Waals surface area contributed by atoms with Crippen LogP contribution in [-0.4, -0.2) is 37.7 Å². The summed E-state index contributed by atoms with van der Waals surface area (Å²) < 4.78 is 2.07. The molecule has 140 valence electrons. The SMILES string of the molecule is Cn1cc(C2Cc3cncnc3N2)c2cc(C(=O)NC(C)(C)CO)ccc21. The van der Waals surface area contributed by atoms with Crippen LogP contribution in [0.4, 0.5) is 5.82 Å². The van der Waals surface area contributed by atoms with E-state index in [0.29, 0.717) is 5.56 Å². The second-order valence-corrected chi connectivity index (χ2v) is 7.72. The molecule has 0 saturated carbocycles. The topological polar surface area (TPSA) is 92.1 Å². The van der Waals surface area contributed by atoms with Crippen LogP contribution in [0.25, 0.3) is 10.9 Å². The molecule has 27 heavy (non-hydrogen) atoms. The maximum absolute atomic E-state index is 12.6. The Kier molecular flexibility index (Phi) is 4.11. The lowest BCUT2D eigenvalue weighted by Gasteiger charge is -2.23. The molecule has 7 heteroatoms. The average Bonchev–Trinajstić information content (AvgIpc) is 3.22. The maximum Gasteiger partial charge on any atom is 0.251 e. The van der Waals surface area contributed by atoms with Crippen LogP contribution >= 0.6 is 0 Å². The molecule has 4 rings (SSSR count). The number of hydrogen-bond donors (Lipinski definition) is 3. The van der Waals surface area contributed by atoms with Gasteiger partial charge in [-0.1, -0.05) is 0 Å². The third-order valence-electron chi connectivity index (χ3n) is 5.03. The Morgan fingerprint density at radius 1 is 1.44 bits per heavy atom. The molecule has 1 aliphatic heterocycles. The van der Waals surface area contributed by atoms with E-state index >= 15 is 0 Å². The Balaban J connectivity index is 1.70. The van der Waals surface area contributed by atoms with Gasteiger partial charge in [0, 0.05) is 53.5 Å². The summed E-state index contributed by atoms with van der Waals surface area (Å²) in [5.74, 6) is 0.671. The predicted molar refractivity (Wildman–Crippen MR) is 104 cm³/mol. The predicted octanol–water partition coefficient (Wildman–Crippen LogP) is 2.18. The number of fused-ring (bicyclic) bond motifs is 2. The van der Waals surface area contributed by atoms with Gasteiger partial charge in [-0.15, -0.1) is 0 Å². The highest BCUT2D eigenvalue weighted by molar-refractivity contribution is 5.99. The molecule has 0 bridgehead atoms. The van der Waals surface area contributed by atoms with Crippen LogP contribution in [0, 0.1) is 0 Å². The molecule has 3 aromatic rings. The van der Waals surface area contributed by atoms with E-state index in [0.717, 1.165) is 34.3 Å². The number of nitrogens with one attached hydrogen (secondary N) is 2. The number of aliphatic hydroxyl groups is 1. The van der Waals surface area contributed by atoms with Crippen LogP contribution < -0.4 is 10.6 Å². The van der Waals surface area contributed by atoms with Gasteiger partial charge in [-0.3, -0.25) is 4.79 Å². The van der Waals surface area contributed by atoms with Crippen LogP contribution in [-0.2, 0) is 13.5 Å². The molecule has 1 unspecified atom stereocenters. The minimum absolute atomic E-state index is 0.0904. The molecule has 3 heterocycles. The molecular formula is C20H23N5O2. The number of benzene rings is 1. The fraction of sp³-hybridized carbons (Fsp3) is 0.350. The highest BCUT2D eigenvalue weighted by Gasteiger charge is 2.27. The molecule has 1 atom stereocenters. The van der Waals surface area contributed by atoms with Crippen LogP contribution in [0.15, 0.2) is 36.9 Å². The molecule has 2 aromatic heterocycles. The Morgan fingerprint density at radius 3 is 3.00 bits per heavy atom.